The molecule has 0 fully saturated rings. The second-order valence-corrected chi connectivity index (χ2v) is 5.51. The quantitative estimate of drug-likeness (QED) is 0.757. The van der Waals surface area contributed by atoms with E-state index in [1.807, 2.05) is 22.6 Å². The molecule has 84 valence electrons. The average Bonchev–Trinajstić information content (AvgIpc) is 2.65. The van der Waals surface area contributed by atoms with Crippen LogP contribution in [-0.2, 0) is 6.54 Å². The van der Waals surface area contributed by atoms with Crippen molar-refractivity contribution < 1.29 is 0 Å². The maximum atomic E-state index is 11.9. The number of hydrogen-bond acceptors (Lipinski definition) is 5. The third-order valence-electron chi connectivity index (χ3n) is 1.99. The van der Waals surface area contributed by atoms with Gasteiger partial charge < -0.3 is 0 Å². The molecule has 0 unspecified atom stereocenters. The van der Waals surface area contributed by atoms with Crippen LogP contribution in [-0.4, -0.2) is 19.1 Å². The van der Waals surface area contributed by atoms with Crippen LogP contribution in [0.25, 0.3) is 0 Å². The van der Waals surface area contributed by atoms with Gasteiger partial charge >= 0.3 is 0 Å². The maximum absolute atomic E-state index is 11.9. The Morgan fingerprint density at radius 1 is 1.62 bits per heavy atom. The molecule has 2 aromatic heterocycles. The van der Waals surface area contributed by atoms with E-state index in [1.165, 1.54) is 10.9 Å². The SMILES string of the molecule is Cc1ncn(Cc2nnsc2Cl)c(=O)c1I. The number of hydrogen-bond donors (Lipinski definition) is 0. The van der Waals surface area contributed by atoms with Gasteiger partial charge in [0.25, 0.3) is 5.56 Å². The first-order valence-electron chi connectivity index (χ1n) is 4.28. The van der Waals surface area contributed by atoms with Gasteiger partial charge in [-0.05, 0) is 29.5 Å². The van der Waals surface area contributed by atoms with E-state index in [-0.39, 0.29) is 5.56 Å². The monoisotopic (exact) mass is 368 g/mol. The Kier molecular flexibility index (Phi) is 3.55. The van der Waals surface area contributed by atoms with Gasteiger partial charge in [0.2, 0.25) is 0 Å². The molecule has 0 aliphatic heterocycles. The first-order valence-corrected chi connectivity index (χ1v) is 6.51. The molecule has 0 aromatic carbocycles. The van der Waals surface area contributed by atoms with Crippen LogP contribution in [0.15, 0.2) is 11.1 Å². The third kappa shape index (κ3) is 2.25. The fourth-order valence-corrected chi connectivity index (χ4v) is 2.17. The molecule has 2 rings (SSSR count). The summed E-state index contributed by atoms with van der Waals surface area (Å²) in [5, 5.41) is 3.85. The summed E-state index contributed by atoms with van der Waals surface area (Å²) in [6.45, 7) is 2.10. The molecule has 0 bridgehead atoms. The van der Waals surface area contributed by atoms with Crippen LogP contribution in [0.3, 0.4) is 0 Å². The Morgan fingerprint density at radius 2 is 2.38 bits per heavy atom. The predicted octanol–water partition coefficient (Wildman–Crippen LogP) is 1.71. The van der Waals surface area contributed by atoms with Gasteiger partial charge in [-0.25, -0.2) is 4.98 Å². The number of aryl methyl sites for hydroxylation is 1. The van der Waals surface area contributed by atoms with Crippen molar-refractivity contribution in [3.8, 4) is 0 Å². The molecule has 0 aliphatic rings. The van der Waals surface area contributed by atoms with Gasteiger partial charge in [-0.1, -0.05) is 16.1 Å². The van der Waals surface area contributed by atoms with E-state index in [4.69, 9.17) is 11.6 Å². The Labute approximate surface area is 114 Å². The summed E-state index contributed by atoms with van der Waals surface area (Å²) >= 11 is 8.95. The largest absolute Gasteiger partial charge is 0.292 e. The molecule has 0 radical (unpaired) electrons. The summed E-state index contributed by atoms with van der Waals surface area (Å²) in [7, 11) is 0. The number of nitrogens with zero attached hydrogens (tertiary/aromatic N) is 4. The fraction of sp³-hybridized carbons (Fsp3) is 0.250. The van der Waals surface area contributed by atoms with Crippen molar-refractivity contribution in [2.75, 3.05) is 0 Å². The van der Waals surface area contributed by atoms with Crippen LogP contribution in [0.4, 0.5) is 0 Å². The van der Waals surface area contributed by atoms with E-state index in [1.54, 1.807) is 6.92 Å². The summed E-state index contributed by atoms with van der Waals surface area (Å²) in [5.41, 5.74) is 1.23. The zero-order chi connectivity index (χ0) is 11.7. The molecule has 0 atom stereocenters. The zero-order valence-electron chi connectivity index (χ0n) is 8.15. The standard InChI is InChI=1S/C8H6ClIN4OS/c1-4-6(10)8(15)14(3-11-4)2-5-7(9)16-13-12-5/h3H,2H2,1H3. The van der Waals surface area contributed by atoms with Gasteiger partial charge in [-0.2, -0.15) is 0 Å². The van der Waals surface area contributed by atoms with Crippen molar-refractivity contribution in [2.24, 2.45) is 0 Å². The minimum absolute atomic E-state index is 0.0860. The van der Waals surface area contributed by atoms with Gasteiger partial charge in [-0.15, -0.1) is 5.10 Å². The van der Waals surface area contributed by atoms with Crippen LogP contribution < -0.4 is 5.56 Å². The summed E-state index contributed by atoms with van der Waals surface area (Å²) < 4.78 is 6.29. The first kappa shape index (κ1) is 11.9. The van der Waals surface area contributed by atoms with Gasteiger partial charge in [0.1, 0.15) is 10.0 Å². The second-order valence-electron chi connectivity index (χ2n) is 3.07. The highest BCUT2D eigenvalue weighted by atomic mass is 127. The Morgan fingerprint density at radius 3 is 3.00 bits per heavy atom. The third-order valence-corrected chi connectivity index (χ3v) is 4.21. The van der Waals surface area contributed by atoms with Gasteiger partial charge in [0, 0.05) is 11.5 Å². The molecule has 5 nitrogen and oxygen atoms in total. The second kappa shape index (κ2) is 4.76. The lowest BCUT2D eigenvalue weighted by Crippen LogP contribution is -2.24. The maximum Gasteiger partial charge on any atom is 0.267 e. The summed E-state index contributed by atoms with van der Waals surface area (Å²) in [4.78, 5) is 16.0. The first-order chi connectivity index (χ1) is 7.59. The van der Waals surface area contributed by atoms with Crippen LogP contribution in [0, 0.1) is 10.5 Å². The summed E-state index contributed by atoms with van der Waals surface area (Å²) in [5.74, 6) is 0. The molecular formula is C8H6ClIN4OS. The Bertz CT molecular complexity index is 582. The Balaban J connectivity index is 2.40. The van der Waals surface area contributed by atoms with E-state index in [0.717, 1.165) is 17.2 Å². The van der Waals surface area contributed by atoms with E-state index < -0.39 is 0 Å². The highest BCUT2D eigenvalue weighted by Gasteiger charge is 2.10. The minimum Gasteiger partial charge on any atom is -0.292 e. The lowest BCUT2D eigenvalue weighted by molar-refractivity contribution is 0.705. The van der Waals surface area contributed by atoms with E-state index in [0.29, 0.717) is 20.1 Å². The number of aromatic nitrogens is 4. The summed E-state index contributed by atoms with van der Waals surface area (Å²) in [6.07, 6.45) is 1.50. The van der Waals surface area contributed by atoms with E-state index >= 15 is 0 Å². The molecule has 16 heavy (non-hydrogen) atoms. The van der Waals surface area contributed by atoms with Crippen LogP contribution in [0.2, 0.25) is 4.34 Å². The topological polar surface area (TPSA) is 60.7 Å². The minimum atomic E-state index is -0.0860. The fourth-order valence-electron chi connectivity index (χ4n) is 1.11. The molecule has 0 saturated heterocycles. The van der Waals surface area contributed by atoms with Gasteiger partial charge in [-0.3, -0.25) is 9.36 Å². The highest BCUT2D eigenvalue weighted by molar-refractivity contribution is 14.1. The molecule has 2 heterocycles. The van der Waals surface area contributed by atoms with Crippen molar-refractivity contribution in [3.05, 3.63) is 36.0 Å². The van der Waals surface area contributed by atoms with E-state index in [2.05, 4.69) is 14.6 Å². The number of halogens is 2. The average molecular weight is 369 g/mol. The molecule has 8 heteroatoms. The molecule has 0 N–H and O–H groups in total. The zero-order valence-corrected chi connectivity index (χ0v) is 11.9. The van der Waals surface area contributed by atoms with Gasteiger partial charge in [0.05, 0.1) is 22.1 Å². The molecule has 0 saturated carbocycles. The highest BCUT2D eigenvalue weighted by Crippen LogP contribution is 2.17. The van der Waals surface area contributed by atoms with Crippen LogP contribution in [0.5, 0.6) is 0 Å². The van der Waals surface area contributed by atoms with E-state index in [9.17, 15) is 4.79 Å². The van der Waals surface area contributed by atoms with Crippen molar-refractivity contribution in [1.82, 2.24) is 19.1 Å². The van der Waals surface area contributed by atoms with Crippen molar-refractivity contribution in [2.45, 2.75) is 13.5 Å². The van der Waals surface area contributed by atoms with Crippen molar-refractivity contribution in [3.63, 3.8) is 0 Å². The smallest absolute Gasteiger partial charge is 0.267 e. The van der Waals surface area contributed by atoms with Crippen LogP contribution in [0.1, 0.15) is 11.4 Å². The molecular weight excluding hydrogens is 363 g/mol. The molecule has 2 aromatic rings. The molecule has 0 amide bonds. The van der Waals surface area contributed by atoms with Crippen molar-refractivity contribution in [1.29, 1.82) is 0 Å². The molecule has 0 spiro atoms. The molecule has 0 aliphatic carbocycles. The lowest BCUT2D eigenvalue weighted by atomic mass is 10.4. The summed E-state index contributed by atoms with van der Waals surface area (Å²) in [6, 6.07) is 0. The van der Waals surface area contributed by atoms with Crippen LogP contribution >= 0.6 is 45.7 Å². The normalized spacial score (nSPS) is 10.7. The number of rotatable bonds is 2. The predicted molar refractivity (Wildman–Crippen MR) is 70.0 cm³/mol. The van der Waals surface area contributed by atoms with Gasteiger partial charge in [0.15, 0.2) is 0 Å². The Hall–Kier alpha value is -0.540. The lowest BCUT2D eigenvalue weighted by Gasteiger charge is -2.04. The van der Waals surface area contributed by atoms with Crippen molar-refractivity contribution >= 4 is 45.7 Å².